The van der Waals surface area contributed by atoms with Gasteiger partial charge in [-0.15, -0.1) is 4.40 Å². The first-order valence-corrected chi connectivity index (χ1v) is 5.56. The van der Waals surface area contributed by atoms with Gasteiger partial charge >= 0.3 is 0 Å². The van der Waals surface area contributed by atoms with Crippen molar-refractivity contribution in [1.82, 2.24) is 0 Å². The summed E-state index contributed by atoms with van der Waals surface area (Å²) in [6, 6.07) is 7.99. The lowest BCUT2D eigenvalue weighted by Crippen LogP contribution is -1.98. The first kappa shape index (κ1) is 10.7. The van der Waals surface area contributed by atoms with E-state index in [0.717, 1.165) is 6.40 Å². The second-order valence-electron chi connectivity index (χ2n) is 2.45. The van der Waals surface area contributed by atoms with Crippen molar-refractivity contribution in [3.63, 3.8) is 0 Å². The molecule has 0 unspecified atom stereocenters. The first-order valence-electron chi connectivity index (χ1n) is 4.12. The third kappa shape index (κ3) is 2.85. The van der Waals surface area contributed by atoms with Gasteiger partial charge in [0.05, 0.1) is 11.5 Å². The molecule has 0 saturated carbocycles. The largest absolute Gasteiger partial charge is 0.483 e. The molecule has 0 bridgehead atoms. The molecule has 0 atom stereocenters. The third-order valence-electron chi connectivity index (χ3n) is 1.46. The van der Waals surface area contributed by atoms with Crippen LogP contribution in [0.3, 0.4) is 0 Å². The van der Waals surface area contributed by atoms with Crippen LogP contribution in [0.25, 0.3) is 0 Å². The molecule has 0 heterocycles. The first-order chi connectivity index (χ1) is 6.67. The Hall–Kier alpha value is -1.36. The van der Waals surface area contributed by atoms with Crippen molar-refractivity contribution < 1.29 is 13.2 Å². The molecule has 0 spiro atoms. The van der Waals surface area contributed by atoms with Gasteiger partial charge in [0.2, 0.25) is 0 Å². The predicted octanol–water partition coefficient (Wildman–Crippen LogP) is 1.44. The zero-order valence-electron chi connectivity index (χ0n) is 7.75. The summed E-state index contributed by atoms with van der Waals surface area (Å²) in [5.41, 5.74) is 0. The molecule has 0 aromatic heterocycles. The molecule has 0 radical (unpaired) electrons. The van der Waals surface area contributed by atoms with Crippen molar-refractivity contribution in [2.75, 3.05) is 6.61 Å². The fraction of sp³-hybridized carbons (Fsp3) is 0.222. The summed E-state index contributed by atoms with van der Waals surface area (Å²) in [7, 11) is -3.59. The van der Waals surface area contributed by atoms with Crippen LogP contribution in [0, 0.1) is 0 Å². The van der Waals surface area contributed by atoms with E-state index in [-0.39, 0.29) is 4.90 Å². The molecule has 0 fully saturated rings. The Morgan fingerprint density at radius 2 is 2.00 bits per heavy atom. The van der Waals surface area contributed by atoms with Gasteiger partial charge in [0, 0.05) is 0 Å². The van der Waals surface area contributed by atoms with Gasteiger partial charge in [-0.25, -0.2) is 0 Å². The highest BCUT2D eigenvalue weighted by molar-refractivity contribution is 7.90. The van der Waals surface area contributed by atoms with Gasteiger partial charge in [-0.05, 0) is 19.1 Å². The van der Waals surface area contributed by atoms with E-state index in [2.05, 4.69) is 4.40 Å². The van der Waals surface area contributed by atoms with Gasteiger partial charge in [0.1, 0.15) is 0 Å². The molecular formula is C9H11NO3S. The van der Waals surface area contributed by atoms with Crippen molar-refractivity contribution in [2.24, 2.45) is 4.40 Å². The smallest absolute Gasteiger partial charge is 0.285 e. The maximum Gasteiger partial charge on any atom is 0.285 e. The van der Waals surface area contributed by atoms with Crippen LogP contribution in [0.4, 0.5) is 0 Å². The Balaban J connectivity index is 2.87. The average molecular weight is 213 g/mol. The Morgan fingerprint density at radius 1 is 1.36 bits per heavy atom. The van der Waals surface area contributed by atoms with E-state index in [4.69, 9.17) is 4.74 Å². The zero-order chi connectivity index (χ0) is 10.4. The average Bonchev–Trinajstić information content (AvgIpc) is 2.19. The van der Waals surface area contributed by atoms with Crippen molar-refractivity contribution >= 4 is 16.4 Å². The lowest BCUT2D eigenvalue weighted by atomic mass is 10.4. The van der Waals surface area contributed by atoms with Gasteiger partial charge in [-0.1, -0.05) is 18.2 Å². The SMILES string of the molecule is CCO/C=N/S(=O)(=O)c1ccccc1. The molecule has 1 rings (SSSR count). The summed E-state index contributed by atoms with van der Waals surface area (Å²) in [6.07, 6.45) is 0.947. The molecule has 0 aliphatic carbocycles. The maximum atomic E-state index is 11.4. The van der Waals surface area contributed by atoms with Crippen molar-refractivity contribution in [3.05, 3.63) is 30.3 Å². The summed E-state index contributed by atoms with van der Waals surface area (Å²) in [5, 5.41) is 0. The summed E-state index contributed by atoms with van der Waals surface area (Å²) >= 11 is 0. The topological polar surface area (TPSA) is 55.7 Å². The minimum Gasteiger partial charge on any atom is -0.483 e. The van der Waals surface area contributed by atoms with E-state index < -0.39 is 10.0 Å². The number of benzene rings is 1. The van der Waals surface area contributed by atoms with E-state index >= 15 is 0 Å². The maximum absolute atomic E-state index is 11.4. The molecule has 76 valence electrons. The summed E-state index contributed by atoms with van der Waals surface area (Å²) in [5.74, 6) is 0. The van der Waals surface area contributed by atoms with E-state index in [1.165, 1.54) is 12.1 Å². The predicted molar refractivity (Wildman–Crippen MR) is 53.7 cm³/mol. The van der Waals surface area contributed by atoms with Crippen LogP contribution in [-0.2, 0) is 14.8 Å². The monoisotopic (exact) mass is 213 g/mol. The Morgan fingerprint density at radius 3 is 2.57 bits per heavy atom. The summed E-state index contributed by atoms with van der Waals surface area (Å²) < 4.78 is 30.9. The molecular weight excluding hydrogens is 202 g/mol. The molecule has 0 N–H and O–H groups in total. The Kier molecular flexibility index (Phi) is 3.64. The third-order valence-corrected chi connectivity index (χ3v) is 2.70. The van der Waals surface area contributed by atoms with E-state index in [1.54, 1.807) is 25.1 Å². The van der Waals surface area contributed by atoms with Crippen LogP contribution >= 0.6 is 0 Å². The molecule has 0 saturated heterocycles. The van der Waals surface area contributed by atoms with Gasteiger partial charge in [0.25, 0.3) is 10.0 Å². The number of nitrogens with zero attached hydrogens (tertiary/aromatic N) is 1. The van der Waals surface area contributed by atoms with Crippen molar-refractivity contribution in [2.45, 2.75) is 11.8 Å². The lowest BCUT2D eigenvalue weighted by Gasteiger charge is -1.97. The van der Waals surface area contributed by atoms with Gasteiger partial charge < -0.3 is 4.74 Å². The highest BCUT2D eigenvalue weighted by Crippen LogP contribution is 2.10. The van der Waals surface area contributed by atoms with E-state index in [9.17, 15) is 8.42 Å². The highest BCUT2D eigenvalue weighted by Gasteiger charge is 2.09. The molecule has 4 nitrogen and oxygen atoms in total. The van der Waals surface area contributed by atoms with Crippen LogP contribution in [0.5, 0.6) is 0 Å². The second-order valence-corrected chi connectivity index (χ2v) is 4.09. The number of hydrogen-bond donors (Lipinski definition) is 0. The van der Waals surface area contributed by atoms with Gasteiger partial charge in [-0.2, -0.15) is 8.42 Å². The molecule has 14 heavy (non-hydrogen) atoms. The zero-order valence-corrected chi connectivity index (χ0v) is 8.57. The normalized spacial score (nSPS) is 11.8. The van der Waals surface area contributed by atoms with E-state index in [1.807, 2.05) is 0 Å². The molecule has 0 aliphatic rings. The van der Waals surface area contributed by atoms with E-state index in [0.29, 0.717) is 6.61 Å². The lowest BCUT2D eigenvalue weighted by molar-refractivity contribution is 0.344. The minimum atomic E-state index is -3.59. The number of ether oxygens (including phenoxy) is 1. The molecule has 5 heteroatoms. The van der Waals surface area contributed by atoms with Crippen LogP contribution in [0.2, 0.25) is 0 Å². The molecule has 1 aromatic rings. The second kappa shape index (κ2) is 4.76. The highest BCUT2D eigenvalue weighted by atomic mass is 32.2. The van der Waals surface area contributed by atoms with Crippen molar-refractivity contribution in [3.8, 4) is 0 Å². The molecule has 0 aliphatic heterocycles. The van der Waals surface area contributed by atoms with Crippen LogP contribution in [0.1, 0.15) is 6.92 Å². The van der Waals surface area contributed by atoms with Gasteiger partial charge in [0.15, 0.2) is 6.40 Å². The fourth-order valence-electron chi connectivity index (χ4n) is 0.815. The van der Waals surface area contributed by atoms with Crippen LogP contribution < -0.4 is 0 Å². The van der Waals surface area contributed by atoms with Crippen molar-refractivity contribution in [1.29, 1.82) is 0 Å². The molecule has 0 amide bonds. The summed E-state index contributed by atoms with van der Waals surface area (Å²) in [4.78, 5) is 0.163. The number of rotatable bonds is 4. The molecule has 1 aromatic carbocycles. The standard InChI is InChI=1S/C9H11NO3S/c1-2-13-8-10-14(11,12)9-6-4-3-5-7-9/h3-8H,2H2,1H3/b10-8+. The quantitative estimate of drug-likeness (QED) is 0.561. The number of hydrogen-bond acceptors (Lipinski definition) is 3. The van der Waals surface area contributed by atoms with Gasteiger partial charge in [-0.3, -0.25) is 0 Å². The van der Waals surface area contributed by atoms with Crippen LogP contribution in [-0.4, -0.2) is 21.4 Å². The fourth-order valence-corrected chi connectivity index (χ4v) is 1.61. The van der Waals surface area contributed by atoms with Crippen LogP contribution in [0.15, 0.2) is 39.6 Å². The summed E-state index contributed by atoms with van der Waals surface area (Å²) in [6.45, 7) is 2.15. The Bertz CT molecular complexity index is 397. The minimum absolute atomic E-state index is 0.163. The Labute approximate surface area is 83.3 Å². The number of sulfonamides is 1.